The van der Waals surface area contributed by atoms with E-state index < -0.39 is 0 Å². The third-order valence-corrected chi connectivity index (χ3v) is 5.31. The lowest BCUT2D eigenvalue weighted by Crippen LogP contribution is -2.39. The van der Waals surface area contributed by atoms with E-state index >= 15 is 0 Å². The summed E-state index contributed by atoms with van der Waals surface area (Å²) in [7, 11) is 0. The minimum Gasteiger partial charge on any atom is -0.343 e. The molecule has 0 atom stereocenters. The highest BCUT2D eigenvalue weighted by Gasteiger charge is 2.29. The van der Waals surface area contributed by atoms with Gasteiger partial charge in [-0.1, -0.05) is 0 Å². The number of carbonyl (C=O) groups is 1. The zero-order valence-electron chi connectivity index (χ0n) is 13.3. The summed E-state index contributed by atoms with van der Waals surface area (Å²) >= 11 is 0. The Morgan fingerprint density at radius 3 is 2.77 bits per heavy atom. The quantitative estimate of drug-likeness (QED) is 0.854. The topological polar surface area (TPSA) is 41.4 Å². The van der Waals surface area contributed by atoms with Gasteiger partial charge in [-0.15, -0.1) is 0 Å². The maximum atomic E-state index is 12.3. The van der Waals surface area contributed by atoms with Gasteiger partial charge in [0.25, 0.3) is 0 Å². The van der Waals surface area contributed by atoms with Crippen LogP contribution in [-0.4, -0.2) is 51.4 Å². The van der Waals surface area contributed by atoms with Crippen molar-refractivity contribution in [3.63, 3.8) is 0 Å². The number of nitrogens with zero attached hydrogens (tertiary/aromatic N) is 4. The third-order valence-electron chi connectivity index (χ3n) is 5.31. The molecule has 1 aromatic heterocycles. The van der Waals surface area contributed by atoms with Gasteiger partial charge in [0.1, 0.15) is 0 Å². The average Bonchev–Trinajstić information content (AvgIpc) is 3.33. The number of imidazole rings is 1. The zero-order chi connectivity index (χ0) is 14.9. The second-order valence-corrected chi connectivity index (χ2v) is 6.99. The Bertz CT molecular complexity index is 543. The van der Waals surface area contributed by atoms with E-state index in [0.29, 0.717) is 12.3 Å². The van der Waals surface area contributed by atoms with Crippen LogP contribution in [0.25, 0.3) is 0 Å². The summed E-state index contributed by atoms with van der Waals surface area (Å²) in [5, 5.41) is 0. The Hall–Kier alpha value is -1.36. The summed E-state index contributed by atoms with van der Waals surface area (Å²) in [6.07, 6.45) is 10.1. The highest BCUT2D eigenvalue weighted by atomic mass is 16.2. The summed E-state index contributed by atoms with van der Waals surface area (Å²) in [6, 6.07) is 0.725. The number of aromatic nitrogens is 2. The SMILES string of the molecule is O=C(CCN1CCc2c(ncn2C2CC2)C1)N1CCCCC1. The predicted molar refractivity (Wildman–Crippen MR) is 84.5 cm³/mol. The molecule has 1 saturated heterocycles. The summed E-state index contributed by atoms with van der Waals surface area (Å²) in [5.74, 6) is 0.342. The number of hydrogen-bond donors (Lipinski definition) is 0. The van der Waals surface area contributed by atoms with Crippen molar-refractivity contribution < 1.29 is 4.79 Å². The fraction of sp³-hybridized carbons (Fsp3) is 0.765. The van der Waals surface area contributed by atoms with Crippen LogP contribution in [0.4, 0.5) is 0 Å². The highest BCUT2D eigenvalue weighted by molar-refractivity contribution is 5.76. The van der Waals surface area contributed by atoms with Gasteiger partial charge in [-0.05, 0) is 32.1 Å². The summed E-state index contributed by atoms with van der Waals surface area (Å²) in [4.78, 5) is 21.3. The molecule has 2 aliphatic heterocycles. The first kappa shape index (κ1) is 14.2. The van der Waals surface area contributed by atoms with Crippen molar-refractivity contribution in [3.8, 4) is 0 Å². The molecule has 1 amide bonds. The molecule has 5 nitrogen and oxygen atoms in total. The number of amides is 1. The largest absolute Gasteiger partial charge is 0.343 e. The van der Waals surface area contributed by atoms with E-state index in [-0.39, 0.29) is 0 Å². The second-order valence-electron chi connectivity index (χ2n) is 6.99. The van der Waals surface area contributed by atoms with Gasteiger partial charge in [0.2, 0.25) is 5.91 Å². The van der Waals surface area contributed by atoms with Crippen LogP contribution in [0.1, 0.15) is 56.0 Å². The smallest absolute Gasteiger partial charge is 0.223 e. The number of likely N-dealkylation sites (tertiary alicyclic amines) is 1. The van der Waals surface area contributed by atoms with Gasteiger partial charge >= 0.3 is 0 Å². The maximum Gasteiger partial charge on any atom is 0.223 e. The molecule has 0 radical (unpaired) electrons. The maximum absolute atomic E-state index is 12.3. The molecule has 3 heterocycles. The molecule has 0 aromatic carbocycles. The first-order valence-corrected chi connectivity index (χ1v) is 8.86. The second kappa shape index (κ2) is 6.03. The Morgan fingerprint density at radius 1 is 1.18 bits per heavy atom. The van der Waals surface area contributed by atoms with E-state index in [0.717, 1.165) is 45.2 Å². The monoisotopic (exact) mass is 302 g/mol. The van der Waals surface area contributed by atoms with E-state index in [1.165, 1.54) is 43.5 Å². The minimum atomic E-state index is 0.342. The molecule has 120 valence electrons. The highest BCUT2D eigenvalue weighted by Crippen LogP contribution is 2.37. The van der Waals surface area contributed by atoms with Gasteiger partial charge in [-0.3, -0.25) is 9.69 Å². The fourth-order valence-corrected chi connectivity index (χ4v) is 3.80. The predicted octanol–water partition coefficient (Wildman–Crippen LogP) is 1.98. The molecule has 0 unspecified atom stereocenters. The minimum absolute atomic E-state index is 0.342. The molecule has 5 heteroatoms. The van der Waals surface area contributed by atoms with Gasteiger partial charge in [0, 0.05) is 57.3 Å². The van der Waals surface area contributed by atoms with E-state index in [9.17, 15) is 4.79 Å². The van der Waals surface area contributed by atoms with E-state index in [1.54, 1.807) is 0 Å². The van der Waals surface area contributed by atoms with Crippen molar-refractivity contribution in [3.05, 3.63) is 17.7 Å². The normalized spacial score (nSPS) is 22.6. The molecule has 1 saturated carbocycles. The van der Waals surface area contributed by atoms with Crippen molar-refractivity contribution in [2.45, 2.75) is 57.5 Å². The lowest BCUT2D eigenvalue weighted by Gasteiger charge is -2.30. The molecular weight excluding hydrogens is 276 g/mol. The van der Waals surface area contributed by atoms with Gasteiger partial charge in [-0.2, -0.15) is 0 Å². The molecule has 4 rings (SSSR count). The van der Waals surface area contributed by atoms with Crippen LogP contribution in [-0.2, 0) is 17.8 Å². The first-order chi connectivity index (χ1) is 10.8. The lowest BCUT2D eigenvalue weighted by atomic mass is 10.1. The van der Waals surface area contributed by atoms with E-state index in [2.05, 4.69) is 19.4 Å². The van der Waals surface area contributed by atoms with Crippen LogP contribution >= 0.6 is 0 Å². The summed E-state index contributed by atoms with van der Waals surface area (Å²) in [5.41, 5.74) is 2.68. The number of rotatable bonds is 4. The van der Waals surface area contributed by atoms with Crippen LogP contribution in [0.5, 0.6) is 0 Å². The van der Waals surface area contributed by atoms with Crippen LogP contribution in [0.3, 0.4) is 0 Å². The van der Waals surface area contributed by atoms with Gasteiger partial charge in [0.15, 0.2) is 0 Å². The number of carbonyl (C=O) groups excluding carboxylic acids is 1. The Labute approximate surface area is 132 Å². The average molecular weight is 302 g/mol. The molecular formula is C17H26N4O. The van der Waals surface area contributed by atoms with Crippen LogP contribution in [0.15, 0.2) is 6.33 Å². The lowest BCUT2D eigenvalue weighted by molar-refractivity contribution is -0.132. The molecule has 22 heavy (non-hydrogen) atoms. The standard InChI is InChI=1S/C17H26N4O/c22-17(20-8-2-1-3-9-20)7-11-19-10-6-16-15(12-19)18-13-21(16)14-4-5-14/h13-14H,1-12H2. The van der Waals surface area contributed by atoms with Crippen LogP contribution in [0, 0.1) is 0 Å². The number of piperidine rings is 1. The molecule has 2 fully saturated rings. The van der Waals surface area contributed by atoms with Crippen LogP contribution < -0.4 is 0 Å². The van der Waals surface area contributed by atoms with Crippen molar-refractivity contribution in [1.29, 1.82) is 0 Å². The van der Waals surface area contributed by atoms with Crippen molar-refractivity contribution in [2.75, 3.05) is 26.2 Å². The van der Waals surface area contributed by atoms with Crippen LogP contribution in [0.2, 0.25) is 0 Å². The summed E-state index contributed by atoms with van der Waals surface area (Å²) in [6.45, 7) is 4.80. The van der Waals surface area contributed by atoms with Crippen molar-refractivity contribution in [1.82, 2.24) is 19.4 Å². The molecule has 0 N–H and O–H groups in total. The van der Waals surface area contributed by atoms with E-state index in [4.69, 9.17) is 0 Å². The van der Waals surface area contributed by atoms with E-state index in [1.807, 2.05) is 6.33 Å². The Morgan fingerprint density at radius 2 is 2.00 bits per heavy atom. The number of hydrogen-bond acceptors (Lipinski definition) is 3. The first-order valence-electron chi connectivity index (χ1n) is 8.86. The van der Waals surface area contributed by atoms with Gasteiger partial charge in [0.05, 0.1) is 12.0 Å². The Balaban J connectivity index is 1.30. The molecule has 1 aliphatic carbocycles. The molecule has 3 aliphatic rings. The third kappa shape index (κ3) is 2.91. The van der Waals surface area contributed by atoms with Gasteiger partial charge in [-0.25, -0.2) is 4.98 Å². The molecule has 0 spiro atoms. The van der Waals surface area contributed by atoms with Crippen molar-refractivity contribution >= 4 is 5.91 Å². The molecule has 1 aromatic rings. The zero-order valence-corrected chi connectivity index (χ0v) is 13.3. The van der Waals surface area contributed by atoms with Gasteiger partial charge < -0.3 is 9.47 Å². The fourth-order valence-electron chi connectivity index (χ4n) is 3.80. The summed E-state index contributed by atoms with van der Waals surface area (Å²) < 4.78 is 2.39. The van der Waals surface area contributed by atoms with Crippen molar-refractivity contribution in [2.24, 2.45) is 0 Å². The molecule has 0 bridgehead atoms. The Kier molecular flexibility index (Phi) is 3.90. The number of fused-ring (bicyclic) bond motifs is 1.